The minimum absolute atomic E-state index is 0.0698. The summed E-state index contributed by atoms with van der Waals surface area (Å²) in [5.74, 6) is 0. The highest BCUT2D eigenvalue weighted by molar-refractivity contribution is 7.89. The summed E-state index contributed by atoms with van der Waals surface area (Å²) >= 11 is 0. The van der Waals surface area contributed by atoms with Crippen LogP contribution in [0.4, 0.5) is 0 Å². The number of nitrogens with zero attached hydrogens (tertiary/aromatic N) is 1. The molecule has 0 aromatic heterocycles. The van der Waals surface area contributed by atoms with Crippen LogP contribution in [0.1, 0.15) is 31.9 Å². The van der Waals surface area contributed by atoms with Crippen LogP contribution in [0.5, 0.6) is 0 Å². The normalized spacial score (nSPS) is 22.1. The van der Waals surface area contributed by atoms with Crippen LogP contribution >= 0.6 is 0 Å². The molecule has 1 aromatic carbocycles. The number of ether oxygens (including phenoxy) is 1. The molecule has 6 heteroatoms. The van der Waals surface area contributed by atoms with Gasteiger partial charge in [0.25, 0.3) is 0 Å². The first kappa shape index (κ1) is 16.4. The van der Waals surface area contributed by atoms with Crippen molar-refractivity contribution in [2.75, 3.05) is 26.8 Å². The van der Waals surface area contributed by atoms with Crippen molar-refractivity contribution in [1.82, 2.24) is 9.62 Å². The van der Waals surface area contributed by atoms with Crippen molar-refractivity contribution in [3.63, 3.8) is 0 Å². The molecule has 1 heterocycles. The van der Waals surface area contributed by atoms with Crippen molar-refractivity contribution in [1.29, 1.82) is 0 Å². The number of rotatable bonds is 5. The largest absolute Gasteiger partial charge is 0.378 e. The zero-order valence-corrected chi connectivity index (χ0v) is 13.7. The number of sulfonamides is 1. The van der Waals surface area contributed by atoms with Gasteiger partial charge < -0.3 is 10.1 Å². The third kappa shape index (κ3) is 3.45. The molecule has 0 amide bonds. The molecule has 1 N–H and O–H groups in total. The van der Waals surface area contributed by atoms with E-state index in [4.69, 9.17) is 4.74 Å². The van der Waals surface area contributed by atoms with E-state index in [0.717, 1.165) is 12.0 Å². The molecule has 118 valence electrons. The first-order chi connectivity index (χ1) is 10.0. The maximum Gasteiger partial charge on any atom is 0.243 e. The van der Waals surface area contributed by atoms with Crippen LogP contribution in [-0.4, -0.2) is 45.6 Å². The second-order valence-electron chi connectivity index (χ2n) is 5.33. The lowest BCUT2D eigenvalue weighted by Gasteiger charge is -2.34. The lowest BCUT2D eigenvalue weighted by Crippen LogP contribution is -2.48. The Bertz CT molecular complexity index is 557. The Morgan fingerprint density at radius 2 is 2.05 bits per heavy atom. The zero-order valence-electron chi connectivity index (χ0n) is 12.9. The quantitative estimate of drug-likeness (QED) is 0.900. The van der Waals surface area contributed by atoms with Gasteiger partial charge in [0.15, 0.2) is 0 Å². The monoisotopic (exact) mass is 312 g/mol. The molecule has 1 aliphatic rings. The minimum Gasteiger partial charge on any atom is -0.378 e. The zero-order chi connectivity index (χ0) is 15.5. The van der Waals surface area contributed by atoms with Gasteiger partial charge in [-0.25, -0.2) is 8.42 Å². The summed E-state index contributed by atoms with van der Waals surface area (Å²) in [4.78, 5) is 0.356. The van der Waals surface area contributed by atoms with Crippen LogP contribution < -0.4 is 5.32 Å². The van der Waals surface area contributed by atoms with Crippen molar-refractivity contribution < 1.29 is 13.2 Å². The third-order valence-corrected chi connectivity index (χ3v) is 6.03. The Labute approximate surface area is 127 Å². The summed E-state index contributed by atoms with van der Waals surface area (Å²) in [7, 11) is -1.56. The number of benzene rings is 1. The Balaban J connectivity index is 2.26. The molecule has 0 spiro atoms. The van der Waals surface area contributed by atoms with E-state index >= 15 is 0 Å². The Hall–Kier alpha value is -0.950. The predicted octanol–water partition coefficient (Wildman–Crippen LogP) is 1.77. The molecule has 2 atom stereocenters. The van der Waals surface area contributed by atoms with Gasteiger partial charge >= 0.3 is 0 Å². The molecule has 0 radical (unpaired) electrons. The van der Waals surface area contributed by atoms with Gasteiger partial charge in [-0.3, -0.25) is 0 Å². The summed E-state index contributed by atoms with van der Waals surface area (Å²) in [6, 6.07) is 7.26. The van der Waals surface area contributed by atoms with Crippen LogP contribution in [-0.2, 0) is 14.8 Å². The minimum atomic E-state index is -3.44. The second-order valence-corrected chi connectivity index (χ2v) is 7.22. The van der Waals surface area contributed by atoms with E-state index in [2.05, 4.69) is 5.32 Å². The van der Waals surface area contributed by atoms with E-state index in [0.29, 0.717) is 24.7 Å². The molecule has 1 saturated heterocycles. The molecule has 21 heavy (non-hydrogen) atoms. The number of morpholine rings is 1. The first-order valence-electron chi connectivity index (χ1n) is 7.37. The molecule has 0 aliphatic carbocycles. The van der Waals surface area contributed by atoms with Gasteiger partial charge in [0, 0.05) is 18.6 Å². The highest BCUT2D eigenvalue weighted by Crippen LogP contribution is 2.23. The van der Waals surface area contributed by atoms with Crippen molar-refractivity contribution in [2.45, 2.75) is 37.2 Å². The maximum atomic E-state index is 12.8. The average Bonchev–Trinajstić information content (AvgIpc) is 2.54. The van der Waals surface area contributed by atoms with Gasteiger partial charge in [-0.15, -0.1) is 0 Å². The Kier molecular flexibility index (Phi) is 5.37. The summed E-state index contributed by atoms with van der Waals surface area (Å²) in [6.07, 6.45) is 0.758. The van der Waals surface area contributed by atoms with Crippen molar-refractivity contribution >= 4 is 10.0 Å². The van der Waals surface area contributed by atoms with E-state index in [9.17, 15) is 8.42 Å². The lowest BCUT2D eigenvalue weighted by atomic mass is 10.1. The van der Waals surface area contributed by atoms with Gasteiger partial charge in [-0.1, -0.05) is 19.1 Å². The molecule has 0 saturated carbocycles. The number of hydrogen-bond donors (Lipinski definition) is 1. The smallest absolute Gasteiger partial charge is 0.243 e. The third-order valence-electron chi connectivity index (χ3n) is 4.06. The fourth-order valence-corrected chi connectivity index (χ4v) is 4.18. The van der Waals surface area contributed by atoms with E-state index in [1.165, 1.54) is 0 Å². The fourth-order valence-electron chi connectivity index (χ4n) is 2.51. The van der Waals surface area contributed by atoms with E-state index < -0.39 is 10.0 Å². The van der Waals surface area contributed by atoms with Gasteiger partial charge in [0.05, 0.1) is 18.1 Å². The van der Waals surface area contributed by atoms with E-state index in [-0.39, 0.29) is 12.1 Å². The standard InChI is InChI=1S/C15H24N2O3S/c1-4-14-11-20-10-9-17(14)21(18,19)15-7-5-13(6-8-15)12(2)16-3/h5-8,12,14,16H,4,9-11H2,1-3H3. The van der Waals surface area contributed by atoms with Gasteiger partial charge in [0.1, 0.15) is 0 Å². The number of nitrogens with one attached hydrogen (secondary N) is 1. The highest BCUT2D eigenvalue weighted by Gasteiger charge is 2.32. The Morgan fingerprint density at radius 1 is 1.38 bits per heavy atom. The molecule has 5 nitrogen and oxygen atoms in total. The lowest BCUT2D eigenvalue weighted by molar-refractivity contribution is 0.0314. The molecule has 2 rings (SSSR count). The van der Waals surface area contributed by atoms with Gasteiger partial charge in [-0.2, -0.15) is 4.31 Å². The number of hydrogen-bond acceptors (Lipinski definition) is 4. The molecule has 0 bridgehead atoms. The summed E-state index contributed by atoms with van der Waals surface area (Å²) < 4.78 is 32.5. The summed E-state index contributed by atoms with van der Waals surface area (Å²) in [5.41, 5.74) is 1.07. The van der Waals surface area contributed by atoms with Crippen molar-refractivity contribution in [3.05, 3.63) is 29.8 Å². The average molecular weight is 312 g/mol. The van der Waals surface area contributed by atoms with Gasteiger partial charge in [-0.05, 0) is 38.1 Å². The fraction of sp³-hybridized carbons (Fsp3) is 0.600. The van der Waals surface area contributed by atoms with Crippen LogP contribution in [0.25, 0.3) is 0 Å². The maximum absolute atomic E-state index is 12.8. The van der Waals surface area contributed by atoms with Crippen LogP contribution in [0.2, 0.25) is 0 Å². The summed E-state index contributed by atoms with van der Waals surface area (Å²) in [6.45, 7) is 5.39. The Morgan fingerprint density at radius 3 is 2.62 bits per heavy atom. The van der Waals surface area contributed by atoms with E-state index in [1.807, 2.05) is 33.0 Å². The molecule has 1 fully saturated rings. The topological polar surface area (TPSA) is 58.6 Å². The van der Waals surface area contributed by atoms with Crippen LogP contribution in [0.15, 0.2) is 29.2 Å². The predicted molar refractivity (Wildman–Crippen MR) is 82.7 cm³/mol. The van der Waals surface area contributed by atoms with E-state index in [1.54, 1.807) is 16.4 Å². The van der Waals surface area contributed by atoms with Gasteiger partial charge in [0.2, 0.25) is 10.0 Å². The SMILES string of the molecule is CCC1COCCN1S(=O)(=O)c1ccc(C(C)NC)cc1. The highest BCUT2D eigenvalue weighted by atomic mass is 32.2. The van der Waals surface area contributed by atoms with Crippen molar-refractivity contribution in [3.8, 4) is 0 Å². The molecule has 1 aliphatic heterocycles. The molecular formula is C15H24N2O3S. The molecule has 2 unspecified atom stereocenters. The molecular weight excluding hydrogens is 288 g/mol. The second kappa shape index (κ2) is 6.87. The summed E-state index contributed by atoms with van der Waals surface area (Å²) in [5, 5.41) is 3.14. The van der Waals surface area contributed by atoms with Crippen molar-refractivity contribution in [2.24, 2.45) is 0 Å². The molecule has 1 aromatic rings. The first-order valence-corrected chi connectivity index (χ1v) is 8.81. The van der Waals surface area contributed by atoms with Crippen LogP contribution in [0, 0.1) is 0 Å². The van der Waals surface area contributed by atoms with Crippen LogP contribution in [0.3, 0.4) is 0 Å².